The average Bonchev–Trinajstić information content (AvgIpc) is 2.32. The Balaban J connectivity index is 0. The lowest BCUT2D eigenvalue weighted by Crippen LogP contribution is -2.04. The second-order valence-corrected chi connectivity index (χ2v) is 3.61. The van der Waals surface area contributed by atoms with E-state index < -0.39 is 11.9 Å². The van der Waals surface area contributed by atoms with Crippen molar-refractivity contribution in [2.45, 2.75) is 52.4 Å². The first-order valence-corrected chi connectivity index (χ1v) is 6.03. The number of ether oxygens (including phenoxy) is 1. The van der Waals surface area contributed by atoms with Gasteiger partial charge in [0.2, 0.25) is 0 Å². The van der Waals surface area contributed by atoms with Crippen LogP contribution < -0.4 is 0 Å². The van der Waals surface area contributed by atoms with Crippen molar-refractivity contribution >= 4 is 17.9 Å². The summed E-state index contributed by atoms with van der Waals surface area (Å²) in [5, 5.41) is 15.8. The maximum absolute atomic E-state index is 10.7. The smallest absolute Gasteiger partial charge is 0.305 e. The Morgan fingerprint density at radius 3 is 1.72 bits per heavy atom. The van der Waals surface area contributed by atoms with Crippen LogP contribution in [0.2, 0.25) is 0 Å². The molecule has 0 bridgehead atoms. The molecule has 0 spiro atoms. The van der Waals surface area contributed by atoms with Gasteiger partial charge in [-0.05, 0) is 12.8 Å². The first-order valence-electron chi connectivity index (χ1n) is 6.03. The monoisotopic (exact) mass is 262 g/mol. The molecule has 0 saturated heterocycles. The van der Waals surface area contributed by atoms with Gasteiger partial charge in [0.15, 0.2) is 0 Å². The number of aliphatic carboxylic acids is 2. The van der Waals surface area contributed by atoms with Gasteiger partial charge in [-0.15, -0.1) is 0 Å². The molecular weight excluding hydrogens is 240 g/mol. The SMILES string of the molecule is CCCCC(=O)OCCC.O=C(O)CCC(=O)O. The van der Waals surface area contributed by atoms with Crippen LogP contribution in [0.15, 0.2) is 0 Å². The highest BCUT2D eigenvalue weighted by molar-refractivity contribution is 5.75. The lowest BCUT2D eigenvalue weighted by molar-refractivity contribution is -0.143. The molecule has 0 radical (unpaired) electrons. The molecule has 0 rings (SSSR count). The van der Waals surface area contributed by atoms with Crippen molar-refractivity contribution in [2.24, 2.45) is 0 Å². The molecule has 6 nitrogen and oxygen atoms in total. The quantitative estimate of drug-likeness (QED) is 0.649. The number of carboxylic acid groups (broad SMARTS) is 2. The molecule has 0 aromatic heterocycles. The van der Waals surface area contributed by atoms with Crippen molar-refractivity contribution in [3.8, 4) is 0 Å². The Morgan fingerprint density at radius 1 is 0.889 bits per heavy atom. The Hall–Kier alpha value is -1.59. The van der Waals surface area contributed by atoms with Crippen LogP contribution in [0.4, 0.5) is 0 Å². The summed E-state index contributed by atoms with van der Waals surface area (Å²) in [4.78, 5) is 30.0. The zero-order chi connectivity index (χ0) is 14.4. The molecule has 0 aromatic rings. The van der Waals surface area contributed by atoms with Crippen molar-refractivity contribution in [2.75, 3.05) is 6.61 Å². The van der Waals surface area contributed by atoms with Gasteiger partial charge >= 0.3 is 17.9 Å². The number of carboxylic acids is 2. The van der Waals surface area contributed by atoms with Crippen LogP contribution in [0.5, 0.6) is 0 Å². The van der Waals surface area contributed by atoms with E-state index in [2.05, 4.69) is 6.92 Å². The maximum atomic E-state index is 10.7. The Bertz CT molecular complexity index is 225. The van der Waals surface area contributed by atoms with Crippen molar-refractivity contribution < 1.29 is 29.3 Å². The summed E-state index contributed by atoms with van der Waals surface area (Å²) in [6, 6.07) is 0. The highest BCUT2D eigenvalue weighted by atomic mass is 16.5. The number of hydrogen-bond acceptors (Lipinski definition) is 4. The number of rotatable bonds is 8. The second kappa shape index (κ2) is 13.5. The van der Waals surface area contributed by atoms with Crippen molar-refractivity contribution in [3.05, 3.63) is 0 Å². The fourth-order valence-corrected chi connectivity index (χ4v) is 0.823. The highest BCUT2D eigenvalue weighted by Crippen LogP contribution is 1.96. The normalized spacial score (nSPS) is 9.00. The number of hydrogen-bond donors (Lipinski definition) is 2. The topological polar surface area (TPSA) is 101 Å². The molecule has 0 aromatic carbocycles. The fraction of sp³-hybridized carbons (Fsp3) is 0.750. The molecule has 0 unspecified atom stereocenters. The summed E-state index contributed by atoms with van der Waals surface area (Å²) in [6.07, 6.45) is 2.91. The summed E-state index contributed by atoms with van der Waals surface area (Å²) in [7, 11) is 0. The first-order chi connectivity index (χ1) is 8.43. The van der Waals surface area contributed by atoms with Crippen LogP contribution in [-0.2, 0) is 19.1 Å². The zero-order valence-electron chi connectivity index (χ0n) is 11.0. The van der Waals surface area contributed by atoms with Gasteiger partial charge in [0.25, 0.3) is 0 Å². The summed E-state index contributed by atoms with van der Waals surface area (Å²) < 4.78 is 4.85. The Kier molecular flexibility index (Phi) is 14.0. The molecule has 18 heavy (non-hydrogen) atoms. The summed E-state index contributed by atoms with van der Waals surface area (Å²) in [5.41, 5.74) is 0. The van der Waals surface area contributed by atoms with Crippen LogP contribution in [-0.4, -0.2) is 34.7 Å². The number of unbranched alkanes of at least 4 members (excludes halogenated alkanes) is 1. The van der Waals surface area contributed by atoms with E-state index in [0.717, 1.165) is 19.3 Å². The van der Waals surface area contributed by atoms with Crippen molar-refractivity contribution in [1.29, 1.82) is 0 Å². The van der Waals surface area contributed by atoms with Gasteiger partial charge in [-0.25, -0.2) is 0 Å². The zero-order valence-corrected chi connectivity index (χ0v) is 11.0. The van der Waals surface area contributed by atoms with Gasteiger partial charge in [-0.1, -0.05) is 20.3 Å². The van der Waals surface area contributed by atoms with E-state index in [4.69, 9.17) is 14.9 Å². The van der Waals surface area contributed by atoms with Crippen LogP contribution in [0.1, 0.15) is 52.4 Å². The minimum Gasteiger partial charge on any atom is -0.481 e. The van der Waals surface area contributed by atoms with Crippen molar-refractivity contribution in [1.82, 2.24) is 0 Å². The van der Waals surface area contributed by atoms with Crippen LogP contribution in [0.25, 0.3) is 0 Å². The lowest BCUT2D eigenvalue weighted by atomic mass is 10.2. The highest BCUT2D eigenvalue weighted by Gasteiger charge is 2.00. The van der Waals surface area contributed by atoms with E-state index in [1.165, 1.54) is 0 Å². The third-order valence-corrected chi connectivity index (χ3v) is 1.75. The van der Waals surface area contributed by atoms with Crippen LogP contribution in [0.3, 0.4) is 0 Å². The van der Waals surface area contributed by atoms with Gasteiger partial charge in [-0.2, -0.15) is 0 Å². The van der Waals surface area contributed by atoms with Gasteiger partial charge in [0.05, 0.1) is 19.4 Å². The van der Waals surface area contributed by atoms with Crippen LogP contribution in [0, 0.1) is 0 Å². The Morgan fingerprint density at radius 2 is 1.39 bits per heavy atom. The van der Waals surface area contributed by atoms with Gasteiger partial charge in [-0.3, -0.25) is 14.4 Å². The number of carbonyl (C=O) groups excluding carboxylic acids is 1. The predicted octanol–water partition coefficient (Wildman–Crippen LogP) is 2.07. The first kappa shape index (κ1) is 18.8. The molecule has 106 valence electrons. The lowest BCUT2D eigenvalue weighted by Gasteiger charge is -2.00. The fourth-order valence-electron chi connectivity index (χ4n) is 0.823. The molecule has 0 amide bonds. The van der Waals surface area contributed by atoms with E-state index in [1.54, 1.807) is 0 Å². The molecule has 0 aliphatic heterocycles. The molecule has 2 N–H and O–H groups in total. The van der Waals surface area contributed by atoms with E-state index in [9.17, 15) is 14.4 Å². The summed E-state index contributed by atoms with van der Waals surface area (Å²) >= 11 is 0. The second-order valence-electron chi connectivity index (χ2n) is 3.61. The molecule has 0 atom stereocenters. The minimum atomic E-state index is -1.08. The van der Waals surface area contributed by atoms with Crippen molar-refractivity contribution in [3.63, 3.8) is 0 Å². The summed E-state index contributed by atoms with van der Waals surface area (Å²) in [6.45, 7) is 4.63. The van der Waals surface area contributed by atoms with E-state index >= 15 is 0 Å². The van der Waals surface area contributed by atoms with E-state index in [0.29, 0.717) is 13.0 Å². The maximum Gasteiger partial charge on any atom is 0.305 e. The predicted molar refractivity (Wildman–Crippen MR) is 65.3 cm³/mol. The standard InChI is InChI=1S/C8H16O2.C4H6O4/c1-3-5-6-8(9)10-7-4-2;5-3(6)1-2-4(7)8/h3-7H2,1-2H3;1-2H2,(H,5,6)(H,7,8). The van der Waals surface area contributed by atoms with Crippen LogP contribution >= 0.6 is 0 Å². The third-order valence-electron chi connectivity index (χ3n) is 1.75. The molecule has 0 fully saturated rings. The van der Waals surface area contributed by atoms with Gasteiger partial charge in [0, 0.05) is 6.42 Å². The van der Waals surface area contributed by atoms with Gasteiger partial charge < -0.3 is 14.9 Å². The third kappa shape index (κ3) is 19.9. The largest absolute Gasteiger partial charge is 0.481 e. The molecular formula is C12H22O6. The molecule has 0 heterocycles. The van der Waals surface area contributed by atoms with E-state index in [1.807, 2.05) is 6.92 Å². The van der Waals surface area contributed by atoms with E-state index in [-0.39, 0.29) is 18.8 Å². The molecule has 0 saturated carbocycles. The number of esters is 1. The number of carbonyl (C=O) groups is 3. The molecule has 0 aliphatic rings. The molecule has 0 aliphatic carbocycles. The summed E-state index contributed by atoms with van der Waals surface area (Å²) in [5.74, 6) is -2.21. The minimum absolute atomic E-state index is 0.0521. The Labute approximate surface area is 107 Å². The van der Waals surface area contributed by atoms with Gasteiger partial charge in [0.1, 0.15) is 0 Å². The molecule has 6 heteroatoms. The average molecular weight is 262 g/mol.